The molecule has 58 heavy (non-hydrogen) atoms. The van der Waals surface area contributed by atoms with E-state index in [4.69, 9.17) is 46.4 Å². The minimum atomic E-state index is -3.73. The molecule has 0 unspecified atom stereocenters. The van der Waals surface area contributed by atoms with Gasteiger partial charge in [0.2, 0.25) is 0 Å². The maximum Gasteiger partial charge on any atom is 0.268 e. The number of fused-ring (bicyclic) bond motifs is 2. The van der Waals surface area contributed by atoms with Crippen molar-refractivity contribution in [2.24, 2.45) is 0 Å². The van der Waals surface area contributed by atoms with Gasteiger partial charge in [0.1, 0.15) is 0 Å². The first-order valence-electron chi connectivity index (χ1n) is 17.9. The van der Waals surface area contributed by atoms with Crippen LogP contribution in [0.5, 0.6) is 0 Å². The van der Waals surface area contributed by atoms with Crippen LogP contribution in [0, 0.1) is 13.8 Å². The summed E-state index contributed by atoms with van der Waals surface area (Å²) in [4.78, 5) is 0.500. The Kier molecular flexibility index (Phi) is 12.1. The van der Waals surface area contributed by atoms with Crippen LogP contribution in [0.3, 0.4) is 0 Å². The summed E-state index contributed by atoms with van der Waals surface area (Å²) in [6.45, 7) is 3.62. The summed E-state index contributed by atoms with van der Waals surface area (Å²) in [7, 11) is -7.47. The molecule has 0 bridgehead atoms. The normalized spacial score (nSPS) is 12.1. The zero-order valence-corrected chi connectivity index (χ0v) is 35.7. The van der Waals surface area contributed by atoms with Crippen molar-refractivity contribution in [1.82, 2.24) is 7.94 Å². The van der Waals surface area contributed by atoms with Gasteiger partial charge < -0.3 is 0 Å². The number of para-hydroxylation sites is 2. The minimum absolute atomic E-state index is 0.250. The first-order chi connectivity index (χ1) is 27.8. The van der Waals surface area contributed by atoms with E-state index in [1.807, 2.05) is 98.8 Å². The monoisotopic (exact) mass is 882 g/mol. The molecule has 292 valence electrons. The van der Waals surface area contributed by atoms with Crippen LogP contribution in [0.15, 0.2) is 155 Å². The Hall–Kier alpha value is -5.06. The average molecular weight is 885 g/mol. The molecule has 0 saturated carbocycles. The summed E-state index contributed by atoms with van der Waals surface area (Å²) in [5.74, 6) is 0. The van der Waals surface area contributed by atoms with Gasteiger partial charge in [-0.15, -0.1) is 0 Å². The van der Waals surface area contributed by atoms with Crippen LogP contribution in [0.2, 0.25) is 20.1 Å². The fraction of sp³-hybridized carbons (Fsp3) is 0.0435. The first-order valence-corrected chi connectivity index (χ1v) is 22.3. The molecule has 0 N–H and O–H groups in total. The van der Waals surface area contributed by atoms with Crippen LogP contribution >= 0.6 is 46.4 Å². The maximum absolute atomic E-state index is 13.4. The highest BCUT2D eigenvalue weighted by Gasteiger charge is 2.25. The quantitative estimate of drug-likeness (QED) is 0.152. The molecule has 8 rings (SSSR count). The number of hydrogen-bond donors (Lipinski definition) is 0. The second-order valence-corrected chi connectivity index (χ2v) is 18.5. The number of aromatic nitrogens is 2. The molecule has 0 aliphatic carbocycles. The molecule has 12 heteroatoms. The van der Waals surface area contributed by atoms with Gasteiger partial charge in [-0.3, -0.25) is 0 Å². The van der Waals surface area contributed by atoms with E-state index < -0.39 is 20.0 Å². The van der Waals surface area contributed by atoms with Crippen LogP contribution < -0.4 is 0 Å². The van der Waals surface area contributed by atoms with E-state index in [1.54, 1.807) is 84.9 Å². The zero-order valence-electron chi connectivity index (χ0n) is 31.0. The van der Waals surface area contributed by atoms with Crippen molar-refractivity contribution < 1.29 is 16.8 Å². The van der Waals surface area contributed by atoms with Crippen LogP contribution in [0.25, 0.3) is 46.1 Å². The molecule has 0 fully saturated rings. The van der Waals surface area contributed by atoms with Crippen molar-refractivity contribution in [3.05, 3.63) is 199 Å². The molecule has 0 aliphatic heterocycles. The third-order valence-electron chi connectivity index (χ3n) is 9.56. The molecule has 6 aromatic carbocycles. The fourth-order valence-electron chi connectivity index (χ4n) is 6.78. The molecule has 2 heterocycles. The van der Waals surface area contributed by atoms with Gasteiger partial charge in [0.05, 0.1) is 20.8 Å². The van der Waals surface area contributed by atoms with Gasteiger partial charge >= 0.3 is 0 Å². The fourth-order valence-corrected chi connectivity index (χ4v) is 10.9. The number of halogens is 4. The van der Waals surface area contributed by atoms with Crippen molar-refractivity contribution in [2.45, 2.75) is 23.6 Å². The zero-order chi connectivity index (χ0) is 41.2. The van der Waals surface area contributed by atoms with Gasteiger partial charge in [0.15, 0.2) is 0 Å². The van der Waals surface area contributed by atoms with E-state index in [-0.39, 0.29) is 9.79 Å². The molecule has 0 saturated heterocycles. The van der Waals surface area contributed by atoms with Crippen LogP contribution in [0.1, 0.15) is 33.6 Å². The molecule has 2 aromatic heterocycles. The number of nitrogens with zero attached hydrogens (tertiary/aromatic N) is 2. The highest BCUT2D eigenvalue weighted by molar-refractivity contribution is 7.90. The topological polar surface area (TPSA) is 78.1 Å². The van der Waals surface area contributed by atoms with Gasteiger partial charge in [0, 0.05) is 53.4 Å². The molecule has 0 radical (unpaired) electrons. The summed E-state index contributed by atoms with van der Waals surface area (Å²) >= 11 is 24.5. The summed E-state index contributed by atoms with van der Waals surface area (Å²) in [6, 6.07) is 42.4. The standard InChI is InChI=1S/2C23H17Cl2NO2S/c2*1-16-20(14-12-17-11-13-18(24)15-22(17)25)21-9-5-6-10-23(21)26(16)29(27,28)19-7-3-2-4-8-19/h2*2-15H,1H3/b2*14-12+. The maximum atomic E-state index is 13.4. The number of hydrogen-bond acceptors (Lipinski definition) is 4. The first kappa shape index (κ1) is 41.1. The van der Waals surface area contributed by atoms with Gasteiger partial charge in [-0.05, 0) is 85.6 Å². The average Bonchev–Trinajstić information content (AvgIpc) is 3.67. The van der Waals surface area contributed by atoms with Gasteiger partial charge in [-0.25, -0.2) is 24.8 Å². The van der Waals surface area contributed by atoms with Crippen LogP contribution in [-0.2, 0) is 20.0 Å². The largest absolute Gasteiger partial charge is 0.268 e. The van der Waals surface area contributed by atoms with Crippen molar-refractivity contribution in [3.8, 4) is 0 Å². The van der Waals surface area contributed by atoms with Crippen LogP contribution in [-0.4, -0.2) is 24.8 Å². The summed E-state index contributed by atoms with van der Waals surface area (Å²) in [6.07, 6.45) is 7.52. The molecule has 0 spiro atoms. The molecular weight excluding hydrogens is 850 g/mol. The number of benzene rings is 6. The highest BCUT2D eigenvalue weighted by atomic mass is 35.5. The van der Waals surface area contributed by atoms with E-state index in [0.717, 1.165) is 33.0 Å². The SMILES string of the molecule is Cc1c(/C=C/c2ccc(Cl)cc2Cl)c2ccccc2n1S(=O)(=O)c1ccccc1.Cc1c(/C=C/c2ccc(Cl)cc2Cl)c2ccccc2n1S(=O)(=O)c1ccccc1. The van der Waals surface area contributed by atoms with Crippen molar-refractivity contribution >= 4 is 113 Å². The van der Waals surface area contributed by atoms with Gasteiger partial charge in [-0.2, -0.15) is 0 Å². The Bertz CT molecular complexity index is 2890. The lowest BCUT2D eigenvalue weighted by Crippen LogP contribution is -2.14. The van der Waals surface area contributed by atoms with E-state index >= 15 is 0 Å². The molecular formula is C46H34Cl4N2O4S2. The van der Waals surface area contributed by atoms with E-state index in [1.165, 1.54) is 7.94 Å². The Labute approximate surface area is 357 Å². The second kappa shape index (κ2) is 17.0. The third kappa shape index (κ3) is 8.14. The molecule has 0 atom stereocenters. The lowest BCUT2D eigenvalue weighted by atomic mass is 10.1. The number of rotatable bonds is 8. The van der Waals surface area contributed by atoms with E-state index in [2.05, 4.69) is 0 Å². The summed E-state index contributed by atoms with van der Waals surface area (Å²) in [5, 5.41) is 3.90. The summed E-state index contributed by atoms with van der Waals surface area (Å²) in [5.41, 5.74) is 5.80. The Morgan fingerprint density at radius 1 is 0.431 bits per heavy atom. The van der Waals surface area contributed by atoms with E-state index in [9.17, 15) is 16.8 Å². The Morgan fingerprint density at radius 2 is 0.776 bits per heavy atom. The lowest BCUT2D eigenvalue weighted by Gasteiger charge is -2.10. The lowest BCUT2D eigenvalue weighted by molar-refractivity contribution is 0.586. The molecule has 6 nitrogen and oxygen atoms in total. The third-order valence-corrected chi connectivity index (χ3v) is 14.3. The molecule has 8 aromatic rings. The Balaban J connectivity index is 0.000000177. The summed E-state index contributed by atoms with van der Waals surface area (Å²) < 4.78 is 56.2. The predicted octanol–water partition coefficient (Wildman–Crippen LogP) is 13.3. The van der Waals surface area contributed by atoms with Crippen molar-refractivity contribution in [3.63, 3.8) is 0 Å². The van der Waals surface area contributed by atoms with Crippen LogP contribution in [0.4, 0.5) is 0 Å². The smallest absolute Gasteiger partial charge is 0.238 e. The van der Waals surface area contributed by atoms with Crippen molar-refractivity contribution in [1.29, 1.82) is 0 Å². The molecule has 0 aliphatic rings. The molecule has 0 amide bonds. The predicted molar refractivity (Wildman–Crippen MR) is 242 cm³/mol. The second-order valence-electron chi connectivity index (χ2n) is 13.2. The highest BCUT2D eigenvalue weighted by Crippen LogP contribution is 2.34. The minimum Gasteiger partial charge on any atom is -0.238 e. The van der Waals surface area contributed by atoms with Gasteiger partial charge in [0.25, 0.3) is 20.0 Å². The van der Waals surface area contributed by atoms with Gasteiger partial charge in [-0.1, -0.05) is 156 Å². The van der Waals surface area contributed by atoms with Crippen molar-refractivity contribution in [2.75, 3.05) is 0 Å². The van der Waals surface area contributed by atoms with E-state index in [0.29, 0.717) is 42.5 Å². The Morgan fingerprint density at radius 3 is 1.14 bits per heavy atom.